The van der Waals surface area contributed by atoms with Crippen LogP contribution in [0.3, 0.4) is 0 Å². The van der Waals surface area contributed by atoms with Crippen LogP contribution in [0.15, 0.2) is 18.5 Å². The molecule has 0 saturated heterocycles. The summed E-state index contributed by atoms with van der Waals surface area (Å²) in [5.41, 5.74) is -1.01. The van der Waals surface area contributed by atoms with E-state index in [1.54, 1.807) is 6.92 Å². The molecule has 0 radical (unpaired) electrons. The Kier molecular flexibility index (Phi) is 14.1. The summed E-state index contributed by atoms with van der Waals surface area (Å²) in [5.74, 6) is -14.8. The number of amides is 1. The predicted octanol–water partition coefficient (Wildman–Crippen LogP) is 2.41. The average Bonchev–Trinajstić information content (AvgIpc) is 2.95. The van der Waals surface area contributed by atoms with E-state index in [1.807, 2.05) is 0 Å². The summed E-state index contributed by atoms with van der Waals surface area (Å²) in [7, 11) is 0. The van der Waals surface area contributed by atoms with E-state index in [2.05, 4.69) is 41.9 Å². The summed E-state index contributed by atoms with van der Waals surface area (Å²) in [6.07, 6.45) is -0.529. The zero-order chi connectivity index (χ0) is 30.7. The molecular weight excluding hydrogens is 701 g/mol. The molecule has 0 spiro atoms. The van der Waals surface area contributed by atoms with E-state index in [1.165, 1.54) is 0 Å². The Morgan fingerprint density at radius 2 is 1.20 bits per heavy atom. The number of nitrogens with zero attached hydrogens (tertiary/aromatic N) is 2. The molecule has 0 bridgehead atoms. The first-order chi connectivity index (χ1) is 19.4. The van der Waals surface area contributed by atoms with Gasteiger partial charge in [0, 0.05) is 13.1 Å². The van der Waals surface area contributed by atoms with Gasteiger partial charge in [0.25, 0.3) is 11.1 Å². The van der Waals surface area contributed by atoms with Gasteiger partial charge in [-0.05, 0) is 38.8 Å². The molecule has 2 rings (SSSR count). The van der Waals surface area contributed by atoms with Gasteiger partial charge in [0.2, 0.25) is 40.7 Å². The molecule has 0 fully saturated rings. The Morgan fingerprint density at radius 3 is 1.73 bits per heavy atom. The number of benzene rings is 1. The van der Waals surface area contributed by atoms with Crippen LogP contribution in [0, 0.1) is 29.1 Å². The highest BCUT2D eigenvalue weighted by atomic mass is 79.9. The first-order valence-electron chi connectivity index (χ1n) is 11.8. The topological polar surface area (TPSA) is 127 Å². The van der Waals surface area contributed by atoms with Crippen LogP contribution < -0.4 is 21.2 Å². The SMILES string of the molecule is CCn1c(=O)c(Br)c(Br)c(=O)n1CC(=O)NCCOCCOCCOCCC(=O)Oc1c(F)c(F)c(F)c(F)c1F. The molecule has 41 heavy (non-hydrogen) atoms. The minimum absolute atomic E-state index is 0.0141. The molecule has 1 N–H and O–H groups in total. The molecule has 1 aromatic heterocycles. The number of halogens is 7. The van der Waals surface area contributed by atoms with Gasteiger partial charge in [0.1, 0.15) is 15.5 Å². The van der Waals surface area contributed by atoms with Crippen LogP contribution >= 0.6 is 31.9 Å². The van der Waals surface area contributed by atoms with Gasteiger partial charge in [0.15, 0.2) is 0 Å². The molecule has 18 heteroatoms. The second kappa shape index (κ2) is 16.7. The third-order valence-electron chi connectivity index (χ3n) is 5.07. The molecule has 0 aliphatic carbocycles. The van der Waals surface area contributed by atoms with Crippen molar-refractivity contribution < 1.29 is 50.5 Å². The first kappa shape index (κ1) is 34.5. The van der Waals surface area contributed by atoms with E-state index in [9.17, 15) is 41.1 Å². The molecule has 1 aromatic carbocycles. The van der Waals surface area contributed by atoms with Gasteiger partial charge < -0.3 is 24.3 Å². The van der Waals surface area contributed by atoms with E-state index >= 15 is 0 Å². The van der Waals surface area contributed by atoms with Crippen LogP contribution in [0.4, 0.5) is 22.0 Å². The fraction of sp³-hybridized carbons (Fsp3) is 0.478. The summed E-state index contributed by atoms with van der Waals surface area (Å²) >= 11 is 6.08. The largest absolute Gasteiger partial charge is 0.420 e. The number of rotatable bonds is 16. The van der Waals surface area contributed by atoms with Crippen LogP contribution in [0.5, 0.6) is 5.75 Å². The van der Waals surface area contributed by atoms with Crippen molar-refractivity contribution in [2.45, 2.75) is 26.4 Å². The van der Waals surface area contributed by atoms with Gasteiger partial charge in [0.05, 0.1) is 46.1 Å². The van der Waals surface area contributed by atoms with Crippen molar-refractivity contribution in [2.24, 2.45) is 0 Å². The van der Waals surface area contributed by atoms with Crippen LogP contribution in [-0.4, -0.2) is 67.4 Å². The molecule has 1 heterocycles. The number of ether oxygens (including phenoxy) is 4. The first-order valence-corrected chi connectivity index (χ1v) is 13.4. The second-order valence-corrected chi connectivity index (χ2v) is 9.41. The zero-order valence-electron chi connectivity index (χ0n) is 21.4. The lowest BCUT2D eigenvalue weighted by molar-refractivity contribution is -0.136. The maximum atomic E-state index is 13.5. The number of carbonyl (C=O) groups is 2. The molecule has 0 atom stereocenters. The van der Waals surface area contributed by atoms with E-state index in [-0.39, 0.29) is 68.2 Å². The smallest absolute Gasteiger partial charge is 0.313 e. The Bertz CT molecular complexity index is 1340. The summed E-state index contributed by atoms with van der Waals surface area (Å²) in [4.78, 5) is 48.5. The fourth-order valence-electron chi connectivity index (χ4n) is 3.10. The van der Waals surface area contributed by atoms with Gasteiger partial charge in [-0.15, -0.1) is 0 Å². The highest BCUT2D eigenvalue weighted by molar-refractivity contribution is 9.13. The number of aromatic nitrogens is 2. The van der Waals surface area contributed by atoms with Gasteiger partial charge in [-0.3, -0.25) is 19.2 Å². The van der Waals surface area contributed by atoms with Gasteiger partial charge >= 0.3 is 5.97 Å². The number of hydrogen-bond acceptors (Lipinski definition) is 8. The number of esters is 1. The highest BCUT2D eigenvalue weighted by Gasteiger charge is 2.28. The minimum Gasteiger partial charge on any atom is -0.420 e. The monoisotopic (exact) mass is 723 g/mol. The highest BCUT2D eigenvalue weighted by Crippen LogP contribution is 2.29. The van der Waals surface area contributed by atoms with Gasteiger partial charge in [-0.1, -0.05) is 0 Å². The maximum Gasteiger partial charge on any atom is 0.313 e. The van der Waals surface area contributed by atoms with Crippen molar-refractivity contribution in [2.75, 3.05) is 46.2 Å². The van der Waals surface area contributed by atoms with Crippen molar-refractivity contribution in [1.29, 1.82) is 0 Å². The number of hydrogen-bond donors (Lipinski definition) is 1. The Hall–Kier alpha value is -2.67. The predicted molar refractivity (Wildman–Crippen MR) is 138 cm³/mol. The minimum atomic E-state index is -2.37. The quantitative estimate of drug-likeness (QED) is 0.0699. The van der Waals surface area contributed by atoms with E-state index in [0.717, 1.165) is 9.36 Å². The fourth-order valence-corrected chi connectivity index (χ4v) is 3.84. The molecule has 11 nitrogen and oxygen atoms in total. The Balaban J connectivity index is 1.55. The van der Waals surface area contributed by atoms with Crippen molar-refractivity contribution >= 4 is 43.7 Å². The van der Waals surface area contributed by atoms with Crippen LogP contribution in [0.1, 0.15) is 13.3 Å². The molecule has 228 valence electrons. The summed E-state index contributed by atoms with van der Waals surface area (Å²) in [6.45, 7) is 1.89. The molecule has 0 unspecified atom stereocenters. The second-order valence-electron chi connectivity index (χ2n) is 7.82. The molecule has 0 saturated carbocycles. The Labute approximate surface area is 245 Å². The third kappa shape index (κ3) is 9.42. The van der Waals surface area contributed by atoms with Crippen LogP contribution in [0.2, 0.25) is 0 Å². The number of carbonyl (C=O) groups excluding carboxylic acids is 2. The van der Waals surface area contributed by atoms with E-state index < -0.39 is 64.3 Å². The van der Waals surface area contributed by atoms with Gasteiger partial charge in [-0.2, -0.15) is 8.78 Å². The lowest BCUT2D eigenvalue weighted by atomic mass is 10.2. The van der Waals surface area contributed by atoms with Crippen LogP contribution in [0.25, 0.3) is 0 Å². The van der Waals surface area contributed by atoms with Gasteiger partial charge in [-0.25, -0.2) is 22.5 Å². The lowest BCUT2D eigenvalue weighted by Crippen LogP contribution is -2.43. The summed E-state index contributed by atoms with van der Waals surface area (Å²) in [5, 5.41) is 2.57. The van der Waals surface area contributed by atoms with E-state index in [0.29, 0.717) is 0 Å². The van der Waals surface area contributed by atoms with Crippen LogP contribution in [-0.2, 0) is 36.9 Å². The van der Waals surface area contributed by atoms with Crippen molar-refractivity contribution in [3.05, 3.63) is 58.7 Å². The normalized spacial score (nSPS) is 11.1. The van der Waals surface area contributed by atoms with E-state index in [4.69, 9.17) is 14.2 Å². The average molecular weight is 725 g/mol. The molecular formula is C23H24Br2F5N3O8. The molecule has 0 aliphatic heterocycles. The Morgan fingerprint density at radius 1 is 0.732 bits per heavy atom. The molecule has 1 amide bonds. The lowest BCUT2D eigenvalue weighted by Gasteiger charge is -2.15. The standard InChI is InChI=1S/C23H24Br2F5N3O8/c1-2-32-22(36)14(24)15(25)23(37)33(32)11-12(34)31-4-6-39-8-10-40-9-7-38-5-3-13(35)41-21-19(29)17(27)16(26)18(28)20(21)30/h2-11H2,1H3,(H,31,34). The number of nitrogens with one attached hydrogen (secondary N) is 1. The summed E-state index contributed by atoms with van der Waals surface area (Å²) < 4.78 is 88.4. The van der Waals surface area contributed by atoms with Crippen molar-refractivity contribution in [3.63, 3.8) is 0 Å². The van der Waals surface area contributed by atoms with Crippen molar-refractivity contribution in [3.8, 4) is 5.75 Å². The third-order valence-corrected chi connectivity index (χ3v) is 7.07. The van der Waals surface area contributed by atoms with Crippen molar-refractivity contribution in [1.82, 2.24) is 14.7 Å². The molecule has 2 aromatic rings. The zero-order valence-corrected chi connectivity index (χ0v) is 24.5. The summed E-state index contributed by atoms with van der Waals surface area (Å²) in [6, 6.07) is 0. The molecule has 0 aliphatic rings. The maximum absolute atomic E-state index is 13.5.